The van der Waals surface area contributed by atoms with Crippen LogP contribution in [0.2, 0.25) is 0 Å². The molecule has 92 valence electrons. The summed E-state index contributed by atoms with van der Waals surface area (Å²) in [6.45, 7) is 2.12. The van der Waals surface area contributed by atoms with Crippen LogP contribution in [0.3, 0.4) is 0 Å². The summed E-state index contributed by atoms with van der Waals surface area (Å²) in [6.07, 6.45) is 1.75. The lowest BCUT2D eigenvalue weighted by Gasteiger charge is -2.08. The smallest absolute Gasteiger partial charge is 0.161 e. The van der Waals surface area contributed by atoms with Gasteiger partial charge in [-0.3, -0.25) is 9.78 Å². The Kier molecular flexibility index (Phi) is 3.57. The average Bonchev–Trinajstić information content (AvgIpc) is 2.38. The van der Waals surface area contributed by atoms with Gasteiger partial charge in [0.2, 0.25) is 0 Å². The summed E-state index contributed by atoms with van der Waals surface area (Å²) >= 11 is 0. The van der Waals surface area contributed by atoms with Crippen molar-refractivity contribution >= 4 is 17.2 Å². The summed E-state index contributed by atoms with van der Waals surface area (Å²) in [4.78, 5) is 15.6. The number of carbonyl (C=O) groups is 1. The van der Waals surface area contributed by atoms with Crippen LogP contribution in [0.5, 0.6) is 0 Å². The Bertz CT molecular complexity index is 552. The Labute approximate surface area is 106 Å². The summed E-state index contributed by atoms with van der Waals surface area (Å²) in [5.74, 6) is -0.0333. The molecule has 4 nitrogen and oxygen atoms in total. The summed E-state index contributed by atoms with van der Waals surface area (Å²) in [5, 5.41) is 3.21. The molecule has 0 aliphatic rings. The quantitative estimate of drug-likeness (QED) is 0.637. The first-order valence-corrected chi connectivity index (χ1v) is 5.71. The van der Waals surface area contributed by atoms with Crippen molar-refractivity contribution in [1.29, 1.82) is 0 Å². The van der Waals surface area contributed by atoms with Crippen molar-refractivity contribution in [2.75, 3.05) is 11.1 Å². The minimum atomic E-state index is -0.0333. The molecule has 0 fully saturated rings. The van der Waals surface area contributed by atoms with Crippen LogP contribution < -0.4 is 11.1 Å². The molecule has 0 atom stereocenters. The number of Topliss-reactive ketones (excluding diaryl/α,β-unsaturated/α-hetero) is 1. The molecule has 4 heteroatoms. The maximum atomic E-state index is 11.4. The Balaban J connectivity index is 2.11. The van der Waals surface area contributed by atoms with Gasteiger partial charge in [-0.1, -0.05) is 6.07 Å². The van der Waals surface area contributed by atoms with E-state index < -0.39 is 0 Å². The van der Waals surface area contributed by atoms with Crippen molar-refractivity contribution < 1.29 is 4.79 Å². The minimum absolute atomic E-state index is 0.0333. The number of rotatable bonds is 4. The van der Waals surface area contributed by atoms with Crippen molar-refractivity contribution in [3.63, 3.8) is 0 Å². The molecule has 1 heterocycles. The number of benzene rings is 1. The molecule has 2 rings (SSSR count). The second-order valence-corrected chi connectivity index (χ2v) is 4.03. The van der Waals surface area contributed by atoms with Gasteiger partial charge in [0.25, 0.3) is 0 Å². The zero-order valence-electron chi connectivity index (χ0n) is 10.2. The van der Waals surface area contributed by atoms with Gasteiger partial charge in [0, 0.05) is 23.1 Å². The minimum Gasteiger partial charge on any atom is -0.398 e. The van der Waals surface area contributed by atoms with Gasteiger partial charge < -0.3 is 11.1 Å². The number of hydrogen-bond donors (Lipinski definition) is 2. The predicted octanol–water partition coefficient (Wildman–Crippen LogP) is 2.48. The molecule has 0 saturated carbocycles. The lowest BCUT2D eigenvalue weighted by Crippen LogP contribution is -2.04. The van der Waals surface area contributed by atoms with Gasteiger partial charge in [-0.25, -0.2) is 0 Å². The zero-order chi connectivity index (χ0) is 13.0. The highest BCUT2D eigenvalue weighted by atomic mass is 16.1. The molecule has 3 N–H and O–H groups in total. The van der Waals surface area contributed by atoms with Crippen molar-refractivity contribution in [3.05, 3.63) is 53.9 Å². The predicted molar refractivity (Wildman–Crippen MR) is 72.4 cm³/mol. The van der Waals surface area contributed by atoms with Crippen LogP contribution in [0.25, 0.3) is 0 Å². The van der Waals surface area contributed by atoms with Gasteiger partial charge in [0.05, 0.1) is 12.2 Å². The lowest BCUT2D eigenvalue weighted by atomic mass is 10.1. The van der Waals surface area contributed by atoms with Crippen LogP contribution in [-0.2, 0) is 6.54 Å². The summed E-state index contributed by atoms with van der Waals surface area (Å²) < 4.78 is 0. The highest BCUT2D eigenvalue weighted by Crippen LogP contribution is 2.18. The third kappa shape index (κ3) is 2.85. The van der Waals surface area contributed by atoms with E-state index in [9.17, 15) is 4.79 Å². The third-order valence-corrected chi connectivity index (χ3v) is 2.63. The van der Waals surface area contributed by atoms with Crippen LogP contribution >= 0.6 is 0 Å². The van der Waals surface area contributed by atoms with E-state index in [1.54, 1.807) is 18.3 Å². The number of nitrogens with one attached hydrogen (secondary N) is 1. The number of anilines is 2. The van der Waals surface area contributed by atoms with E-state index in [1.807, 2.05) is 24.3 Å². The van der Waals surface area contributed by atoms with Crippen molar-refractivity contribution in [2.24, 2.45) is 0 Å². The topological polar surface area (TPSA) is 68.0 Å². The van der Waals surface area contributed by atoms with Gasteiger partial charge in [0.1, 0.15) is 0 Å². The zero-order valence-corrected chi connectivity index (χ0v) is 10.2. The largest absolute Gasteiger partial charge is 0.398 e. The average molecular weight is 241 g/mol. The molecule has 0 amide bonds. The fourth-order valence-electron chi connectivity index (χ4n) is 1.67. The molecule has 0 saturated heterocycles. The number of ketones is 1. The molecular formula is C14H15N3O. The van der Waals surface area contributed by atoms with Crippen molar-refractivity contribution in [3.8, 4) is 0 Å². The Morgan fingerprint density at radius 2 is 2.17 bits per heavy atom. The number of pyridine rings is 1. The highest BCUT2D eigenvalue weighted by Gasteiger charge is 2.05. The van der Waals surface area contributed by atoms with Crippen LogP contribution in [0.1, 0.15) is 23.0 Å². The molecule has 0 aliphatic carbocycles. The molecule has 0 spiro atoms. The molecular weight excluding hydrogens is 226 g/mol. The number of hydrogen-bond acceptors (Lipinski definition) is 4. The standard InChI is InChI=1S/C14H15N3O/c1-10(18)13-8-11(5-6-14(13)15)17-9-12-4-2-3-7-16-12/h2-8,17H,9,15H2,1H3. The van der Waals surface area contributed by atoms with E-state index >= 15 is 0 Å². The van der Waals surface area contributed by atoms with Crippen LogP contribution in [0.15, 0.2) is 42.6 Å². The Morgan fingerprint density at radius 1 is 1.33 bits per heavy atom. The number of carbonyl (C=O) groups excluding carboxylic acids is 1. The molecule has 0 radical (unpaired) electrons. The highest BCUT2D eigenvalue weighted by molar-refractivity contribution is 5.99. The molecule has 0 bridgehead atoms. The van der Waals surface area contributed by atoms with E-state index in [-0.39, 0.29) is 5.78 Å². The van der Waals surface area contributed by atoms with Crippen molar-refractivity contribution in [2.45, 2.75) is 13.5 Å². The fraction of sp³-hybridized carbons (Fsp3) is 0.143. The van der Waals surface area contributed by atoms with E-state index in [0.29, 0.717) is 17.8 Å². The fourth-order valence-corrected chi connectivity index (χ4v) is 1.67. The maximum absolute atomic E-state index is 11.4. The van der Waals surface area contributed by atoms with E-state index in [0.717, 1.165) is 11.4 Å². The number of aromatic nitrogens is 1. The second-order valence-electron chi connectivity index (χ2n) is 4.03. The molecule has 18 heavy (non-hydrogen) atoms. The van der Waals surface area contributed by atoms with Gasteiger partial charge >= 0.3 is 0 Å². The molecule has 1 aromatic heterocycles. The first-order valence-electron chi connectivity index (χ1n) is 5.71. The summed E-state index contributed by atoms with van der Waals surface area (Å²) in [6, 6.07) is 11.1. The van der Waals surface area contributed by atoms with Crippen LogP contribution in [0, 0.1) is 0 Å². The summed E-state index contributed by atoms with van der Waals surface area (Å²) in [7, 11) is 0. The Morgan fingerprint density at radius 3 is 2.83 bits per heavy atom. The van der Waals surface area contributed by atoms with Gasteiger partial charge in [-0.05, 0) is 37.3 Å². The SMILES string of the molecule is CC(=O)c1cc(NCc2ccccn2)ccc1N. The number of nitrogens with two attached hydrogens (primary N) is 1. The first kappa shape index (κ1) is 12.1. The monoisotopic (exact) mass is 241 g/mol. The number of nitrogens with zero attached hydrogens (tertiary/aromatic N) is 1. The van der Waals surface area contributed by atoms with E-state index in [2.05, 4.69) is 10.3 Å². The first-order chi connectivity index (χ1) is 8.66. The van der Waals surface area contributed by atoms with Crippen LogP contribution in [0.4, 0.5) is 11.4 Å². The maximum Gasteiger partial charge on any atom is 0.161 e. The Hall–Kier alpha value is -2.36. The molecule has 2 aromatic rings. The van der Waals surface area contributed by atoms with Gasteiger partial charge in [0.15, 0.2) is 5.78 Å². The number of nitrogen functional groups attached to an aromatic ring is 1. The summed E-state index contributed by atoms with van der Waals surface area (Å²) in [5.41, 5.74) is 8.59. The second kappa shape index (κ2) is 5.31. The van der Waals surface area contributed by atoms with Crippen molar-refractivity contribution in [1.82, 2.24) is 4.98 Å². The normalized spacial score (nSPS) is 10.1. The van der Waals surface area contributed by atoms with Gasteiger partial charge in [-0.15, -0.1) is 0 Å². The van der Waals surface area contributed by atoms with E-state index in [4.69, 9.17) is 5.73 Å². The van der Waals surface area contributed by atoms with Gasteiger partial charge in [-0.2, -0.15) is 0 Å². The molecule has 1 aromatic carbocycles. The molecule has 0 aliphatic heterocycles. The molecule has 0 unspecified atom stereocenters. The van der Waals surface area contributed by atoms with Crippen LogP contribution in [-0.4, -0.2) is 10.8 Å². The third-order valence-electron chi connectivity index (χ3n) is 2.63. The lowest BCUT2D eigenvalue weighted by molar-refractivity contribution is 0.101. The van der Waals surface area contributed by atoms with E-state index in [1.165, 1.54) is 6.92 Å².